The Morgan fingerprint density at radius 3 is 1.29 bits per heavy atom. The largest absolute Gasteiger partial charge is 0.387 e. The van der Waals surface area contributed by atoms with Crippen molar-refractivity contribution in [2.24, 2.45) is 5.41 Å². The van der Waals surface area contributed by atoms with Crippen LogP contribution in [-0.4, -0.2) is 33.2 Å². The van der Waals surface area contributed by atoms with Crippen molar-refractivity contribution in [3.8, 4) is 0 Å². The molecule has 6 rings (SSSR count). The molecule has 6 nitrogen and oxygen atoms in total. The molecule has 0 heterocycles. The zero-order chi connectivity index (χ0) is 35.9. The number of rotatable bonds is 12. The highest BCUT2D eigenvalue weighted by Crippen LogP contribution is 2.44. The zero-order valence-corrected chi connectivity index (χ0v) is 30.8. The lowest BCUT2D eigenvalue weighted by atomic mass is 9.74. The summed E-state index contributed by atoms with van der Waals surface area (Å²) < 4.78 is 0. The summed E-state index contributed by atoms with van der Waals surface area (Å²) in [5.41, 5.74) is -1.93. The Morgan fingerprint density at radius 2 is 0.922 bits per heavy atom. The van der Waals surface area contributed by atoms with Gasteiger partial charge in [-0.2, -0.15) is 0 Å². The fourth-order valence-electron chi connectivity index (χ4n) is 9.34. The summed E-state index contributed by atoms with van der Waals surface area (Å²) in [6, 6.07) is 27.0. The molecule has 2 saturated carbocycles. The van der Waals surface area contributed by atoms with Crippen molar-refractivity contribution < 1.29 is 19.8 Å². The molecule has 0 radical (unpaired) electrons. The van der Waals surface area contributed by atoms with Crippen LogP contribution in [-0.2, 0) is 9.59 Å². The third-order valence-electron chi connectivity index (χ3n) is 12.1. The zero-order valence-electron chi connectivity index (χ0n) is 30.8. The molecular weight excluding hydrogens is 633 g/mol. The molecule has 0 saturated heterocycles. The molecule has 6 heteroatoms. The summed E-state index contributed by atoms with van der Waals surface area (Å²) in [6.45, 7) is 4.04. The fraction of sp³-hybridized carbons (Fsp3) is 0.511. The molecule has 2 fully saturated rings. The number of amides is 2. The molecule has 2 aliphatic rings. The normalized spacial score (nSPS) is 19.1. The minimum absolute atomic E-state index is 0.344. The van der Waals surface area contributed by atoms with Gasteiger partial charge in [0, 0.05) is 0 Å². The number of nitrogens with one attached hydrogen (secondary N) is 2. The Kier molecular flexibility index (Phi) is 11.8. The van der Waals surface area contributed by atoms with Crippen LogP contribution < -0.4 is 10.6 Å². The second kappa shape index (κ2) is 16.3. The highest BCUT2D eigenvalue weighted by atomic mass is 16.3. The van der Waals surface area contributed by atoms with Crippen LogP contribution >= 0.6 is 0 Å². The first kappa shape index (κ1) is 37.0. The average Bonchev–Trinajstić information content (AvgIpc) is 3.52. The third-order valence-corrected chi connectivity index (χ3v) is 12.1. The van der Waals surface area contributed by atoms with E-state index in [2.05, 4.69) is 47.0 Å². The lowest BCUT2D eigenvalue weighted by molar-refractivity contribution is -0.149. The van der Waals surface area contributed by atoms with Crippen LogP contribution in [0.15, 0.2) is 84.9 Å². The molecule has 2 amide bonds. The van der Waals surface area contributed by atoms with Crippen LogP contribution in [0.25, 0.3) is 21.5 Å². The summed E-state index contributed by atoms with van der Waals surface area (Å²) in [5, 5.41) is 35.9. The van der Waals surface area contributed by atoms with E-state index in [1.54, 1.807) is 0 Å². The molecule has 4 aromatic rings. The van der Waals surface area contributed by atoms with Crippen molar-refractivity contribution in [3.63, 3.8) is 0 Å². The summed E-state index contributed by atoms with van der Waals surface area (Å²) in [5.74, 6) is -0.687. The molecule has 0 aliphatic heterocycles. The molecule has 0 aromatic heterocycles. The van der Waals surface area contributed by atoms with Gasteiger partial charge in [-0.25, -0.2) is 0 Å². The van der Waals surface area contributed by atoms with Gasteiger partial charge in [0.25, 0.3) is 0 Å². The van der Waals surface area contributed by atoms with Crippen molar-refractivity contribution in [2.75, 3.05) is 0 Å². The van der Waals surface area contributed by atoms with Crippen molar-refractivity contribution in [1.82, 2.24) is 10.6 Å². The van der Waals surface area contributed by atoms with E-state index in [0.29, 0.717) is 51.4 Å². The van der Waals surface area contributed by atoms with E-state index in [1.807, 2.05) is 62.4 Å². The topological polar surface area (TPSA) is 98.7 Å². The van der Waals surface area contributed by atoms with Crippen molar-refractivity contribution in [3.05, 3.63) is 96.1 Å². The smallest absolute Gasteiger partial charge is 0.236 e. The Bertz CT molecular complexity index is 1640. The van der Waals surface area contributed by atoms with Gasteiger partial charge in [0.1, 0.15) is 5.41 Å². The molecule has 2 atom stereocenters. The molecule has 51 heavy (non-hydrogen) atoms. The monoisotopic (exact) mass is 690 g/mol. The standard InChI is InChI=1S/C45H58N2O4/c1-3-27-43(28-4-2,41(48)46-39(44(50)29-13-5-6-14-30-44)37-25-17-21-33-19-9-11-23-35(33)37)42(49)47-40(45(51)31-15-7-8-16-32-45)38-26-18-22-34-20-10-12-24-36(34)38/h9-12,17-26,39-40,50-51H,3-8,13-16,27-32H2,1-2H3,(H,46,48)(H,47,49). The summed E-state index contributed by atoms with van der Waals surface area (Å²) in [4.78, 5) is 30.3. The second-order valence-electron chi connectivity index (χ2n) is 15.6. The van der Waals surface area contributed by atoms with Crippen LogP contribution in [0.1, 0.15) is 140 Å². The van der Waals surface area contributed by atoms with Crippen LogP contribution in [0.3, 0.4) is 0 Å². The Balaban J connectivity index is 1.43. The summed E-state index contributed by atoms with van der Waals surface area (Å²) >= 11 is 0. The van der Waals surface area contributed by atoms with E-state index < -0.39 is 28.7 Å². The molecule has 272 valence electrons. The maximum Gasteiger partial charge on any atom is 0.236 e. The van der Waals surface area contributed by atoms with E-state index in [4.69, 9.17) is 0 Å². The van der Waals surface area contributed by atoms with Gasteiger partial charge < -0.3 is 20.8 Å². The summed E-state index contributed by atoms with van der Waals surface area (Å²) in [6.07, 6.45) is 12.0. The van der Waals surface area contributed by atoms with E-state index in [1.165, 1.54) is 0 Å². The highest BCUT2D eigenvalue weighted by Gasteiger charge is 2.50. The number of fused-ring (bicyclic) bond motifs is 2. The molecule has 2 aliphatic carbocycles. The third kappa shape index (κ3) is 7.73. The number of hydrogen-bond acceptors (Lipinski definition) is 4. The van der Waals surface area contributed by atoms with Gasteiger partial charge in [-0.05, 0) is 71.2 Å². The maximum atomic E-state index is 15.2. The van der Waals surface area contributed by atoms with E-state index >= 15 is 9.59 Å². The Morgan fingerprint density at radius 1 is 0.569 bits per heavy atom. The first-order chi connectivity index (χ1) is 24.7. The number of carbonyl (C=O) groups excluding carboxylic acids is 2. The lowest BCUT2D eigenvalue weighted by Gasteiger charge is -2.42. The minimum atomic E-state index is -1.39. The number of benzene rings is 4. The minimum Gasteiger partial charge on any atom is -0.387 e. The number of carbonyl (C=O) groups is 2. The van der Waals surface area contributed by atoms with Crippen LogP contribution in [0.4, 0.5) is 0 Å². The predicted octanol–water partition coefficient (Wildman–Crippen LogP) is 9.76. The van der Waals surface area contributed by atoms with Gasteiger partial charge in [-0.3, -0.25) is 9.59 Å². The van der Waals surface area contributed by atoms with Gasteiger partial charge in [0.15, 0.2) is 0 Å². The van der Waals surface area contributed by atoms with Gasteiger partial charge in [0.2, 0.25) is 11.8 Å². The van der Waals surface area contributed by atoms with Gasteiger partial charge >= 0.3 is 0 Å². The quantitative estimate of drug-likeness (QED) is 0.0879. The maximum absolute atomic E-state index is 15.2. The van der Waals surface area contributed by atoms with E-state index in [0.717, 1.165) is 84.0 Å². The van der Waals surface area contributed by atoms with Crippen LogP contribution in [0, 0.1) is 5.41 Å². The summed E-state index contributed by atoms with van der Waals surface area (Å²) in [7, 11) is 0. The average molecular weight is 691 g/mol. The van der Waals surface area contributed by atoms with Crippen molar-refractivity contribution in [1.29, 1.82) is 0 Å². The first-order valence-electron chi connectivity index (χ1n) is 19.8. The highest BCUT2D eigenvalue weighted by molar-refractivity contribution is 6.05. The molecular formula is C45H58N2O4. The van der Waals surface area contributed by atoms with Gasteiger partial charge in [-0.1, -0.05) is 163 Å². The number of hydrogen-bond donors (Lipinski definition) is 4. The molecule has 0 bridgehead atoms. The van der Waals surface area contributed by atoms with E-state index in [-0.39, 0.29) is 11.8 Å². The second-order valence-corrected chi connectivity index (χ2v) is 15.6. The SMILES string of the molecule is CCCC(CCC)(C(=O)NC(c1cccc2ccccc12)C1(O)CCCCCC1)C(=O)NC(c1cccc2ccccc12)C1(O)CCCCCC1. The van der Waals surface area contributed by atoms with Gasteiger partial charge in [-0.15, -0.1) is 0 Å². The predicted molar refractivity (Wildman–Crippen MR) is 207 cm³/mol. The van der Waals surface area contributed by atoms with Crippen LogP contribution in [0.5, 0.6) is 0 Å². The van der Waals surface area contributed by atoms with Crippen molar-refractivity contribution >= 4 is 33.4 Å². The van der Waals surface area contributed by atoms with Crippen molar-refractivity contribution in [2.45, 2.75) is 140 Å². The molecule has 4 N–H and O–H groups in total. The Labute approximate surface area is 304 Å². The van der Waals surface area contributed by atoms with Gasteiger partial charge in [0.05, 0.1) is 23.3 Å². The molecule has 4 aromatic carbocycles. The van der Waals surface area contributed by atoms with E-state index in [9.17, 15) is 10.2 Å². The first-order valence-corrected chi connectivity index (χ1v) is 19.8. The number of aliphatic hydroxyl groups is 2. The lowest BCUT2D eigenvalue weighted by Crippen LogP contribution is -2.57. The molecule has 0 spiro atoms. The van der Waals surface area contributed by atoms with Crippen LogP contribution in [0.2, 0.25) is 0 Å². The fourth-order valence-corrected chi connectivity index (χ4v) is 9.34. The Hall–Kier alpha value is -3.74. The molecule has 2 unspecified atom stereocenters.